The van der Waals surface area contributed by atoms with Crippen LogP contribution in [-0.4, -0.2) is 30.5 Å². The largest absolute Gasteiger partial charge is 0.489 e. The van der Waals surface area contributed by atoms with Crippen molar-refractivity contribution >= 4 is 16.9 Å². The number of ether oxygens (including phenoxy) is 1. The molecule has 1 saturated heterocycles. The number of likely N-dealkylation sites (tertiary alicyclic amines) is 1. The summed E-state index contributed by atoms with van der Waals surface area (Å²) in [5.41, 5.74) is 1.21. The maximum atomic E-state index is 12.8. The standard InChI is InChI=1S/C21H25NO4/c1-4-12-25-16-6-7-17-18(13-16)26-21(14(3)20(17)24)15-8-10-22(11-9-15)19(23)5-2/h4,6-7,13,15H,1,5,8-12H2,2-3H3. The van der Waals surface area contributed by atoms with E-state index in [-0.39, 0.29) is 17.3 Å². The number of nitrogens with zero attached hydrogens (tertiary/aromatic N) is 1. The Morgan fingerprint density at radius 3 is 2.77 bits per heavy atom. The van der Waals surface area contributed by atoms with Crippen molar-refractivity contribution in [1.29, 1.82) is 0 Å². The van der Waals surface area contributed by atoms with E-state index in [0.29, 0.717) is 48.4 Å². The van der Waals surface area contributed by atoms with Gasteiger partial charge in [0.25, 0.3) is 0 Å². The van der Waals surface area contributed by atoms with Crippen molar-refractivity contribution in [3.63, 3.8) is 0 Å². The van der Waals surface area contributed by atoms with Gasteiger partial charge in [-0.15, -0.1) is 0 Å². The van der Waals surface area contributed by atoms with Crippen LogP contribution in [0.1, 0.15) is 43.4 Å². The summed E-state index contributed by atoms with van der Waals surface area (Å²) < 4.78 is 11.7. The van der Waals surface area contributed by atoms with Gasteiger partial charge in [0.1, 0.15) is 23.7 Å². The molecule has 0 spiro atoms. The van der Waals surface area contributed by atoms with E-state index in [2.05, 4.69) is 6.58 Å². The number of rotatable bonds is 5. The van der Waals surface area contributed by atoms with Gasteiger partial charge in [-0.3, -0.25) is 9.59 Å². The van der Waals surface area contributed by atoms with Crippen LogP contribution >= 0.6 is 0 Å². The number of hydrogen-bond acceptors (Lipinski definition) is 4. The topological polar surface area (TPSA) is 59.8 Å². The average molecular weight is 355 g/mol. The molecule has 1 aliphatic heterocycles. The van der Waals surface area contributed by atoms with Gasteiger partial charge in [0, 0.05) is 37.1 Å². The predicted molar refractivity (Wildman–Crippen MR) is 102 cm³/mol. The summed E-state index contributed by atoms with van der Waals surface area (Å²) in [6.45, 7) is 9.16. The van der Waals surface area contributed by atoms with Crippen LogP contribution in [0, 0.1) is 6.92 Å². The van der Waals surface area contributed by atoms with Crippen LogP contribution in [0.3, 0.4) is 0 Å². The maximum Gasteiger partial charge on any atom is 0.222 e. The fraction of sp³-hybridized carbons (Fsp3) is 0.429. The lowest BCUT2D eigenvalue weighted by atomic mass is 9.91. The molecule has 26 heavy (non-hydrogen) atoms. The van der Waals surface area contributed by atoms with Gasteiger partial charge in [0.05, 0.1) is 5.39 Å². The Balaban J connectivity index is 1.91. The summed E-state index contributed by atoms with van der Waals surface area (Å²) in [5.74, 6) is 1.74. The van der Waals surface area contributed by atoms with Crippen LogP contribution in [0.4, 0.5) is 0 Å². The van der Waals surface area contributed by atoms with E-state index in [1.54, 1.807) is 24.3 Å². The SMILES string of the molecule is C=CCOc1ccc2c(=O)c(C)c(C3CCN(C(=O)CC)CC3)oc2c1. The zero-order valence-electron chi connectivity index (χ0n) is 15.4. The van der Waals surface area contributed by atoms with Crippen LogP contribution in [0.25, 0.3) is 11.0 Å². The first-order valence-corrected chi connectivity index (χ1v) is 9.14. The highest BCUT2D eigenvalue weighted by Crippen LogP contribution is 2.32. The Kier molecular flexibility index (Phi) is 5.45. The highest BCUT2D eigenvalue weighted by Gasteiger charge is 2.27. The van der Waals surface area contributed by atoms with E-state index in [0.717, 1.165) is 18.6 Å². The second-order valence-corrected chi connectivity index (χ2v) is 6.69. The molecule has 0 atom stereocenters. The van der Waals surface area contributed by atoms with Crippen LogP contribution in [0.2, 0.25) is 0 Å². The molecular weight excluding hydrogens is 330 g/mol. The van der Waals surface area contributed by atoms with E-state index >= 15 is 0 Å². The number of benzene rings is 1. The molecule has 0 saturated carbocycles. The zero-order valence-corrected chi connectivity index (χ0v) is 15.4. The molecule has 2 heterocycles. The Morgan fingerprint density at radius 1 is 1.38 bits per heavy atom. The summed E-state index contributed by atoms with van der Waals surface area (Å²) in [6.07, 6.45) is 3.83. The van der Waals surface area contributed by atoms with Gasteiger partial charge < -0.3 is 14.1 Å². The molecule has 1 fully saturated rings. The Morgan fingerprint density at radius 2 is 2.12 bits per heavy atom. The molecule has 0 radical (unpaired) electrons. The van der Waals surface area contributed by atoms with Crippen LogP contribution in [0.5, 0.6) is 5.75 Å². The first-order chi connectivity index (χ1) is 12.5. The maximum absolute atomic E-state index is 12.8. The van der Waals surface area contributed by atoms with Crippen molar-refractivity contribution in [3.05, 3.63) is 52.4 Å². The van der Waals surface area contributed by atoms with E-state index in [1.807, 2.05) is 18.7 Å². The molecule has 0 unspecified atom stereocenters. The number of hydrogen-bond donors (Lipinski definition) is 0. The van der Waals surface area contributed by atoms with Crippen molar-refractivity contribution in [3.8, 4) is 5.75 Å². The zero-order chi connectivity index (χ0) is 18.7. The molecule has 1 amide bonds. The average Bonchev–Trinajstić information content (AvgIpc) is 2.68. The number of amides is 1. The van der Waals surface area contributed by atoms with Crippen molar-refractivity contribution in [1.82, 2.24) is 4.90 Å². The summed E-state index contributed by atoms with van der Waals surface area (Å²) >= 11 is 0. The Labute approximate surface area is 153 Å². The van der Waals surface area contributed by atoms with Crippen LogP contribution in [0.15, 0.2) is 40.1 Å². The lowest BCUT2D eigenvalue weighted by Gasteiger charge is -2.31. The van der Waals surface area contributed by atoms with Crippen molar-refractivity contribution in [2.24, 2.45) is 0 Å². The second-order valence-electron chi connectivity index (χ2n) is 6.69. The van der Waals surface area contributed by atoms with Crippen molar-refractivity contribution in [2.45, 2.75) is 39.0 Å². The normalized spacial score (nSPS) is 15.2. The third-order valence-electron chi connectivity index (χ3n) is 5.02. The minimum Gasteiger partial charge on any atom is -0.489 e. The van der Waals surface area contributed by atoms with Crippen molar-refractivity contribution in [2.75, 3.05) is 19.7 Å². The summed E-state index contributed by atoms with van der Waals surface area (Å²) in [7, 11) is 0. The Bertz CT molecular complexity index is 875. The molecule has 0 bridgehead atoms. The minimum absolute atomic E-state index is 0.00332. The van der Waals surface area contributed by atoms with E-state index < -0.39 is 0 Å². The van der Waals surface area contributed by atoms with Gasteiger partial charge >= 0.3 is 0 Å². The monoisotopic (exact) mass is 355 g/mol. The molecule has 138 valence electrons. The summed E-state index contributed by atoms with van der Waals surface area (Å²) in [5, 5.41) is 0.566. The van der Waals surface area contributed by atoms with Gasteiger partial charge in [-0.1, -0.05) is 19.6 Å². The lowest BCUT2D eigenvalue weighted by Crippen LogP contribution is -2.37. The number of fused-ring (bicyclic) bond motifs is 1. The molecule has 1 aromatic carbocycles. The summed E-state index contributed by atoms with van der Waals surface area (Å²) in [4.78, 5) is 26.5. The molecule has 5 nitrogen and oxygen atoms in total. The molecule has 2 aromatic rings. The summed E-state index contributed by atoms with van der Waals surface area (Å²) in [6, 6.07) is 5.29. The molecule has 1 aliphatic rings. The van der Waals surface area contributed by atoms with Gasteiger partial charge in [0.15, 0.2) is 5.43 Å². The highest BCUT2D eigenvalue weighted by molar-refractivity contribution is 5.79. The van der Waals surface area contributed by atoms with Crippen LogP contribution < -0.4 is 10.2 Å². The molecule has 0 aliphatic carbocycles. The smallest absolute Gasteiger partial charge is 0.222 e. The predicted octanol–water partition coefficient (Wildman–Crippen LogP) is 3.78. The number of carbonyl (C=O) groups is 1. The molecule has 3 rings (SSSR count). The van der Waals surface area contributed by atoms with E-state index in [4.69, 9.17) is 9.15 Å². The first kappa shape index (κ1) is 18.2. The Hall–Kier alpha value is -2.56. The molecule has 0 N–H and O–H groups in total. The first-order valence-electron chi connectivity index (χ1n) is 9.14. The van der Waals surface area contributed by atoms with Crippen LogP contribution in [-0.2, 0) is 4.79 Å². The minimum atomic E-state index is 0.00332. The number of carbonyl (C=O) groups excluding carboxylic acids is 1. The third kappa shape index (κ3) is 3.52. The van der Waals surface area contributed by atoms with E-state index in [1.165, 1.54) is 0 Å². The molecule has 1 aromatic heterocycles. The number of piperidine rings is 1. The lowest BCUT2D eigenvalue weighted by molar-refractivity contribution is -0.131. The van der Waals surface area contributed by atoms with Gasteiger partial charge in [-0.25, -0.2) is 0 Å². The van der Waals surface area contributed by atoms with Crippen molar-refractivity contribution < 1.29 is 13.9 Å². The van der Waals surface area contributed by atoms with Gasteiger partial charge in [-0.2, -0.15) is 0 Å². The third-order valence-corrected chi connectivity index (χ3v) is 5.02. The highest BCUT2D eigenvalue weighted by atomic mass is 16.5. The second kappa shape index (κ2) is 7.77. The molecule has 5 heteroatoms. The van der Waals surface area contributed by atoms with Gasteiger partial charge in [0.2, 0.25) is 5.91 Å². The molecular formula is C21H25NO4. The fourth-order valence-corrected chi connectivity index (χ4v) is 3.53. The van der Waals surface area contributed by atoms with E-state index in [9.17, 15) is 9.59 Å². The quantitative estimate of drug-likeness (QED) is 0.766. The van der Waals surface area contributed by atoms with Gasteiger partial charge in [-0.05, 0) is 31.9 Å². The fourth-order valence-electron chi connectivity index (χ4n) is 3.53.